The van der Waals surface area contributed by atoms with Crippen LogP contribution in [0, 0.1) is 0 Å². The molecule has 54 heavy (non-hydrogen) atoms. The lowest BCUT2D eigenvalue weighted by Gasteiger charge is -2.29. The molecule has 0 N–H and O–H groups in total. The molecule has 0 saturated carbocycles. The predicted molar refractivity (Wildman–Crippen MR) is 229 cm³/mol. The number of para-hydroxylation sites is 1. The highest BCUT2D eigenvalue weighted by Crippen LogP contribution is 2.47. The average Bonchev–Trinajstić information content (AvgIpc) is 3.61. The van der Waals surface area contributed by atoms with Crippen LogP contribution in [0.1, 0.15) is 0 Å². The average molecular weight is 688 g/mol. The van der Waals surface area contributed by atoms with Gasteiger partial charge in [-0.25, -0.2) is 0 Å². The highest BCUT2D eigenvalue weighted by molar-refractivity contribution is 6.17. The molecule has 2 nitrogen and oxygen atoms in total. The van der Waals surface area contributed by atoms with E-state index in [0.717, 1.165) is 50.1 Å². The van der Waals surface area contributed by atoms with Gasteiger partial charge in [0.25, 0.3) is 0 Å². The second kappa shape index (κ2) is 12.2. The molecular formula is C52H33NO. The largest absolute Gasteiger partial charge is 0.456 e. The van der Waals surface area contributed by atoms with E-state index in [0.29, 0.717) is 0 Å². The van der Waals surface area contributed by atoms with Crippen LogP contribution in [0.2, 0.25) is 0 Å². The van der Waals surface area contributed by atoms with E-state index in [1.807, 2.05) is 0 Å². The minimum absolute atomic E-state index is 0.885. The molecule has 0 amide bonds. The van der Waals surface area contributed by atoms with Crippen LogP contribution in [-0.2, 0) is 0 Å². The lowest BCUT2D eigenvalue weighted by atomic mass is 9.95. The third-order valence-electron chi connectivity index (χ3n) is 11.0. The third kappa shape index (κ3) is 4.88. The summed E-state index contributed by atoms with van der Waals surface area (Å²) in [6.45, 7) is 0. The summed E-state index contributed by atoms with van der Waals surface area (Å²) in [4.78, 5) is 2.44. The van der Waals surface area contributed by atoms with Crippen LogP contribution >= 0.6 is 0 Å². The second-order valence-electron chi connectivity index (χ2n) is 14.1. The molecule has 0 unspecified atom stereocenters. The Hall–Kier alpha value is -7.16. The maximum atomic E-state index is 6.56. The quantitative estimate of drug-likeness (QED) is 0.168. The zero-order valence-corrected chi connectivity index (χ0v) is 29.4. The molecule has 11 aromatic rings. The van der Waals surface area contributed by atoms with E-state index in [9.17, 15) is 0 Å². The van der Waals surface area contributed by atoms with Gasteiger partial charge < -0.3 is 9.32 Å². The van der Waals surface area contributed by atoms with Gasteiger partial charge in [-0.1, -0.05) is 152 Å². The van der Waals surface area contributed by atoms with Crippen molar-refractivity contribution in [2.75, 3.05) is 4.90 Å². The number of fused-ring (bicyclic) bond motifs is 8. The van der Waals surface area contributed by atoms with E-state index >= 15 is 0 Å². The van der Waals surface area contributed by atoms with Crippen molar-refractivity contribution < 1.29 is 4.42 Å². The minimum Gasteiger partial charge on any atom is -0.456 e. The Morgan fingerprint density at radius 2 is 0.926 bits per heavy atom. The summed E-state index contributed by atoms with van der Waals surface area (Å²) in [6.07, 6.45) is 0. The Labute approximate surface area is 312 Å². The molecule has 252 valence electrons. The number of furan rings is 1. The molecule has 0 aliphatic carbocycles. The Morgan fingerprint density at radius 1 is 0.315 bits per heavy atom. The summed E-state index contributed by atoms with van der Waals surface area (Å²) in [7, 11) is 0. The highest BCUT2D eigenvalue weighted by atomic mass is 16.3. The number of anilines is 3. The normalized spacial score (nSPS) is 11.7. The summed E-state index contributed by atoms with van der Waals surface area (Å²) in [5.41, 5.74) is 9.75. The Bertz CT molecular complexity index is 3230. The van der Waals surface area contributed by atoms with Gasteiger partial charge >= 0.3 is 0 Å². The first kappa shape index (κ1) is 30.5. The van der Waals surface area contributed by atoms with Gasteiger partial charge in [-0.3, -0.25) is 0 Å². The van der Waals surface area contributed by atoms with Gasteiger partial charge in [-0.2, -0.15) is 0 Å². The van der Waals surface area contributed by atoms with Crippen LogP contribution < -0.4 is 4.90 Å². The molecule has 0 spiro atoms. The Morgan fingerprint density at radius 3 is 1.78 bits per heavy atom. The van der Waals surface area contributed by atoms with Gasteiger partial charge in [0.2, 0.25) is 0 Å². The summed E-state index contributed by atoms with van der Waals surface area (Å²) >= 11 is 0. The molecule has 0 aliphatic rings. The van der Waals surface area contributed by atoms with Crippen LogP contribution in [0.25, 0.3) is 87.3 Å². The molecule has 0 fully saturated rings. The smallest absolute Gasteiger partial charge is 0.136 e. The fraction of sp³-hybridized carbons (Fsp3) is 0. The van der Waals surface area contributed by atoms with Crippen molar-refractivity contribution in [3.63, 3.8) is 0 Å². The first-order valence-corrected chi connectivity index (χ1v) is 18.5. The standard InChI is InChI=1S/C52H33NO/c1-2-13-37-31-40(24-23-34(37)11-1)35-25-28-41(29-26-35)53(49-21-9-18-43-42-16-6-5-12-36(42)27-30-45(43)49)48-20-8-7-17-44(48)46-19-10-22-50-52(46)47-32-38-14-3-4-15-39(38)33-51(47)54-50/h1-33H. The fourth-order valence-corrected chi connectivity index (χ4v) is 8.43. The van der Waals surface area contributed by atoms with Crippen molar-refractivity contribution in [3.05, 3.63) is 200 Å². The summed E-state index contributed by atoms with van der Waals surface area (Å²) < 4.78 is 6.56. The van der Waals surface area contributed by atoms with Crippen molar-refractivity contribution in [2.45, 2.75) is 0 Å². The highest BCUT2D eigenvalue weighted by Gasteiger charge is 2.22. The lowest BCUT2D eigenvalue weighted by molar-refractivity contribution is 0.669. The molecule has 10 aromatic carbocycles. The molecule has 1 aromatic heterocycles. The zero-order valence-electron chi connectivity index (χ0n) is 29.4. The number of nitrogens with zero attached hydrogens (tertiary/aromatic N) is 1. The van der Waals surface area contributed by atoms with Crippen LogP contribution in [0.4, 0.5) is 17.1 Å². The molecule has 0 bridgehead atoms. The van der Waals surface area contributed by atoms with E-state index in [1.165, 1.54) is 54.2 Å². The minimum atomic E-state index is 0.885. The first-order chi connectivity index (χ1) is 26.8. The van der Waals surface area contributed by atoms with E-state index in [2.05, 4.69) is 205 Å². The second-order valence-corrected chi connectivity index (χ2v) is 14.1. The number of benzene rings is 10. The topological polar surface area (TPSA) is 16.4 Å². The Kier molecular flexibility index (Phi) is 6.90. The van der Waals surface area contributed by atoms with Gasteiger partial charge in [0, 0.05) is 27.4 Å². The Balaban J connectivity index is 1.15. The lowest BCUT2D eigenvalue weighted by Crippen LogP contribution is -2.11. The van der Waals surface area contributed by atoms with Crippen LogP contribution in [0.5, 0.6) is 0 Å². The molecule has 1 heterocycles. The van der Waals surface area contributed by atoms with E-state index < -0.39 is 0 Å². The molecular weight excluding hydrogens is 655 g/mol. The summed E-state index contributed by atoms with van der Waals surface area (Å²) in [6, 6.07) is 72.4. The van der Waals surface area contributed by atoms with Crippen LogP contribution in [-0.4, -0.2) is 0 Å². The van der Waals surface area contributed by atoms with E-state index in [1.54, 1.807) is 0 Å². The summed E-state index contributed by atoms with van der Waals surface area (Å²) in [5, 5.41) is 12.0. The molecule has 0 atom stereocenters. The number of hydrogen-bond acceptors (Lipinski definition) is 2. The van der Waals surface area contributed by atoms with Crippen molar-refractivity contribution in [2.24, 2.45) is 0 Å². The molecule has 0 saturated heterocycles. The molecule has 2 heteroatoms. The maximum Gasteiger partial charge on any atom is 0.136 e. The van der Waals surface area contributed by atoms with Crippen molar-refractivity contribution in [1.29, 1.82) is 0 Å². The van der Waals surface area contributed by atoms with Crippen LogP contribution in [0.3, 0.4) is 0 Å². The maximum absolute atomic E-state index is 6.56. The van der Waals surface area contributed by atoms with E-state index in [-0.39, 0.29) is 0 Å². The molecule has 0 radical (unpaired) electrons. The molecule has 11 rings (SSSR count). The SMILES string of the molecule is c1ccc(N(c2ccc(-c3ccc4ccccc4c3)cc2)c2cccc3c2ccc2ccccc23)c(-c2cccc3oc4cc5ccccc5cc4c23)c1. The van der Waals surface area contributed by atoms with Crippen molar-refractivity contribution in [1.82, 2.24) is 0 Å². The number of rotatable bonds is 5. The summed E-state index contributed by atoms with van der Waals surface area (Å²) in [5.74, 6) is 0. The van der Waals surface area contributed by atoms with Gasteiger partial charge in [-0.05, 0) is 103 Å². The number of hydrogen-bond donors (Lipinski definition) is 0. The molecule has 0 aliphatic heterocycles. The van der Waals surface area contributed by atoms with Crippen molar-refractivity contribution >= 4 is 82.1 Å². The first-order valence-electron chi connectivity index (χ1n) is 18.5. The monoisotopic (exact) mass is 687 g/mol. The van der Waals surface area contributed by atoms with Gasteiger partial charge in [0.1, 0.15) is 11.2 Å². The van der Waals surface area contributed by atoms with Gasteiger partial charge in [-0.15, -0.1) is 0 Å². The van der Waals surface area contributed by atoms with E-state index in [4.69, 9.17) is 4.42 Å². The van der Waals surface area contributed by atoms with Crippen LogP contribution in [0.15, 0.2) is 205 Å². The van der Waals surface area contributed by atoms with Gasteiger partial charge in [0.05, 0.1) is 11.4 Å². The zero-order chi connectivity index (χ0) is 35.6. The third-order valence-corrected chi connectivity index (χ3v) is 11.0. The van der Waals surface area contributed by atoms with Crippen molar-refractivity contribution in [3.8, 4) is 22.3 Å². The predicted octanol–water partition coefficient (Wildman–Crippen LogP) is 15.0. The fourth-order valence-electron chi connectivity index (χ4n) is 8.43. The van der Waals surface area contributed by atoms with Gasteiger partial charge in [0.15, 0.2) is 0 Å².